The van der Waals surface area contributed by atoms with Gasteiger partial charge < -0.3 is 14.8 Å². The van der Waals surface area contributed by atoms with Crippen molar-refractivity contribution < 1.29 is 14.3 Å². The minimum absolute atomic E-state index is 0.201. The Morgan fingerprint density at radius 1 is 1.30 bits per heavy atom. The highest BCUT2D eigenvalue weighted by atomic mass is 32.1. The van der Waals surface area contributed by atoms with Gasteiger partial charge in [-0.15, -0.1) is 0 Å². The number of methoxy groups -OCH3 is 2. The van der Waals surface area contributed by atoms with Gasteiger partial charge in [0.1, 0.15) is 17.5 Å². The molecule has 2 aromatic rings. The summed E-state index contributed by atoms with van der Waals surface area (Å²) in [5.41, 5.74) is 1.53. The monoisotopic (exact) mass is 330 g/mol. The number of nitriles is 1. The summed E-state index contributed by atoms with van der Waals surface area (Å²) in [5, 5.41) is 16.1. The van der Waals surface area contributed by atoms with Crippen LogP contribution >= 0.6 is 11.3 Å². The third-order valence-electron chi connectivity index (χ3n) is 3.60. The molecule has 0 fully saturated rings. The number of hydrogen-bond donors (Lipinski definition) is 1. The summed E-state index contributed by atoms with van der Waals surface area (Å²) in [6.07, 6.45) is 0. The number of carbonyl (C=O) groups excluding carboxylic acids is 1. The van der Waals surface area contributed by atoms with E-state index in [0.29, 0.717) is 17.1 Å². The van der Waals surface area contributed by atoms with Gasteiger partial charge in [0.15, 0.2) is 0 Å². The quantitative estimate of drug-likeness (QED) is 0.882. The lowest BCUT2D eigenvalue weighted by atomic mass is 10.0. The number of benzene rings is 1. The Morgan fingerprint density at radius 2 is 2.09 bits per heavy atom. The van der Waals surface area contributed by atoms with Crippen LogP contribution in [0.15, 0.2) is 35.0 Å². The van der Waals surface area contributed by atoms with Gasteiger partial charge in [-0.05, 0) is 41.4 Å². The molecule has 0 bridgehead atoms. The zero-order valence-corrected chi connectivity index (χ0v) is 14.0. The van der Waals surface area contributed by atoms with Crippen LogP contribution in [0.25, 0.3) is 0 Å². The predicted molar refractivity (Wildman–Crippen MR) is 88.8 cm³/mol. The first-order valence-electron chi connectivity index (χ1n) is 7.04. The standard InChI is InChI=1S/C17H18N2O3S/c1-11(12-6-7-23-10-12)17(20)19-15(9-18)14-5-4-13(21-2)8-16(14)22-3/h4-8,10-11,15H,1-3H3,(H,19,20)/t11-,15-/m1/s1. The third kappa shape index (κ3) is 3.82. The number of rotatable bonds is 6. The molecule has 0 aliphatic heterocycles. The summed E-state index contributed by atoms with van der Waals surface area (Å²) >= 11 is 1.54. The van der Waals surface area contributed by atoms with Crippen molar-refractivity contribution in [3.05, 3.63) is 46.2 Å². The van der Waals surface area contributed by atoms with Crippen molar-refractivity contribution in [2.24, 2.45) is 0 Å². The normalized spacial score (nSPS) is 12.8. The Morgan fingerprint density at radius 3 is 2.65 bits per heavy atom. The molecule has 1 N–H and O–H groups in total. The molecule has 1 amide bonds. The Hall–Kier alpha value is -2.52. The van der Waals surface area contributed by atoms with Crippen LogP contribution < -0.4 is 14.8 Å². The molecule has 0 aliphatic rings. The average molecular weight is 330 g/mol. The summed E-state index contributed by atoms with van der Waals surface area (Å²) in [6.45, 7) is 1.82. The highest BCUT2D eigenvalue weighted by molar-refractivity contribution is 7.08. The maximum absolute atomic E-state index is 12.4. The molecule has 1 aromatic heterocycles. The Balaban J connectivity index is 2.20. The lowest BCUT2D eigenvalue weighted by Gasteiger charge is -2.18. The number of ether oxygens (including phenoxy) is 2. The summed E-state index contributed by atoms with van der Waals surface area (Å²) in [5.74, 6) is 0.605. The smallest absolute Gasteiger partial charge is 0.228 e. The van der Waals surface area contributed by atoms with E-state index in [0.717, 1.165) is 5.56 Å². The van der Waals surface area contributed by atoms with Gasteiger partial charge in [-0.1, -0.05) is 0 Å². The third-order valence-corrected chi connectivity index (χ3v) is 4.31. The van der Waals surface area contributed by atoms with Crippen LogP contribution in [0, 0.1) is 11.3 Å². The van der Waals surface area contributed by atoms with Crippen molar-refractivity contribution in [2.45, 2.75) is 18.9 Å². The summed E-state index contributed by atoms with van der Waals surface area (Å²) in [7, 11) is 3.07. The number of amides is 1. The van der Waals surface area contributed by atoms with Crippen molar-refractivity contribution in [3.63, 3.8) is 0 Å². The molecule has 23 heavy (non-hydrogen) atoms. The fraction of sp³-hybridized carbons (Fsp3) is 0.294. The van der Waals surface area contributed by atoms with Gasteiger partial charge in [0.25, 0.3) is 0 Å². The van der Waals surface area contributed by atoms with Gasteiger partial charge in [-0.3, -0.25) is 4.79 Å². The highest BCUT2D eigenvalue weighted by Gasteiger charge is 2.22. The zero-order chi connectivity index (χ0) is 16.8. The largest absolute Gasteiger partial charge is 0.497 e. The molecule has 0 radical (unpaired) electrons. The zero-order valence-electron chi connectivity index (χ0n) is 13.2. The van der Waals surface area contributed by atoms with Crippen LogP contribution in [-0.4, -0.2) is 20.1 Å². The molecular formula is C17H18N2O3S. The molecule has 2 atom stereocenters. The topological polar surface area (TPSA) is 71.3 Å². The molecule has 120 valence electrons. The van der Waals surface area contributed by atoms with Crippen LogP contribution in [0.1, 0.15) is 30.0 Å². The number of carbonyl (C=O) groups is 1. The molecule has 5 nitrogen and oxygen atoms in total. The second-order valence-electron chi connectivity index (χ2n) is 4.96. The molecular weight excluding hydrogens is 312 g/mol. The molecule has 1 heterocycles. The molecule has 1 aromatic carbocycles. The van der Waals surface area contributed by atoms with Crippen molar-refractivity contribution in [1.29, 1.82) is 5.26 Å². The number of hydrogen-bond acceptors (Lipinski definition) is 5. The first-order chi connectivity index (χ1) is 11.1. The molecule has 0 saturated carbocycles. The lowest BCUT2D eigenvalue weighted by molar-refractivity contribution is -0.122. The summed E-state index contributed by atoms with van der Waals surface area (Å²) < 4.78 is 10.4. The van der Waals surface area contributed by atoms with E-state index in [1.807, 2.05) is 23.8 Å². The minimum Gasteiger partial charge on any atom is -0.497 e. The van der Waals surface area contributed by atoms with Gasteiger partial charge in [0.05, 0.1) is 26.2 Å². The van der Waals surface area contributed by atoms with Crippen molar-refractivity contribution in [3.8, 4) is 17.6 Å². The number of nitrogens with one attached hydrogen (secondary N) is 1. The van der Waals surface area contributed by atoms with Gasteiger partial charge >= 0.3 is 0 Å². The maximum atomic E-state index is 12.4. The highest BCUT2D eigenvalue weighted by Crippen LogP contribution is 2.30. The first kappa shape index (κ1) is 16.8. The maximum Gasteiger partial charge on any atom is 0.228 e. The summed E-state index contributed by atoms with van der Waals surface area (Å²) in [4.78, 5) is 12.4. The van der Waals surface area contributed by atoms with E-state index in [-0.39, 0.29) is 11.8 Å². The first-order valence-corrected chi connectivity index (χ1v) is 7.99. The van der Waals surface area contributed by atoms with Crippen LogP contribution in [0.3, 0.4) is 0 Å². The van der Waals surface area contributed by atoms with Gasteiger partial charge in [-0.2, -0.15) is 16.6 Å². The van der Waals surface area contributed by atoms with Crippen molar-refractivity contribution >= 4 is 17.2 Å². The van der Waals surface area contributed by atoms with Crippen LogP contribution in [0.5, 0.6) is 11.5 Å². The van der Waals surface area contributed by atoms with E-state index in [4.69, 9.17) is 9.47 Å². The predicted octanol–water partition coefficient (Wildman–Crippen LogP) is 3.25. The van der Waals surface area contributed by atoms with E-state index in [2.05, 4.69) is 11.4 Å². The average Bonchev–Trinajstić information content (AvgIpc) is 3.12. The SMILES string of the molecule is COc1ccc([C@@H](C#N)NC(=O)[C@H](C)c2ccsc2)c(OC)c1. The molecule has 0 unspecified atom stereocenters. The van der Waals surface area contributed by atoms with Crippen LogP contribution in [0.2, 0.25) is 0 Å². The fourth-order valence-corrected chi connectivity index (χ4v) is 2.93. The van der Waals surface area contributed by atoms with E-state index in [1.165, 1.54) is 18.4 Å². The number of thiophene rings is 1. The van der Waals surface area contributed by atoms with Crippen molar-refractivity contribution in [2.75, 3.05) is 14.2 Å². The Bertz CT molecular complexity index is 707. The lowest BCUT2D eigenvalue weighted by Crippen LogP contribution is -2.31. The van der Waals surface area contributed by atoms with Gasteiger partial charge in [0.2, 0.25) is 5.91 Å². The van der Waals surface area contributed by atoms with E-state index in [9.17, 15) is 10.1 Å². The minimum atomic E-state index is -0.788. The van der Waals surface area contributed by atoms with Crippen LogP contribution in [-0.2, 0) is 4.79 Å². The number of nitrogens with zero attached hydrogens (tertiary/aromatic N) is 1. The van der Waals surface area contributed by atoms with Crippen molar-refractivity contribution in [1.82, 2.24) is 5.32 Å². The van der Waals surface area contributed by atoms with E-state index < -0.39 is 6.04 Å². The van der Waals surface area contributed by atoms with E-state index >= 15 is 0 Å². The van der Waals surface area contributed by atoms with Gasteiger partial charge in [-0.25, -0.2) is 0 Å². The Kier molecular flexibility index (Phi) is 5.61. The molecule has 0 aliphatic carbocycles. The molecule has 2 rings (SSSR count). The second-order valence-corrected chi connectivity index (χ2v) is 5.74. The summed E-state index contributed by atoms with van der Waals surface area (Å²) in [6, 6.07) is 8.38. The Labute approximate surface area is 139 Å². The molecule has 0 saturated heterocycles. The fourth-order valence-electron chi connectivity index (χ4n) is 2.18. The van der Waals surface area contributed by atoms with E-state index in [1.54, 1.807) is 25.3 Å². The molecule has 0 spiro atoms. The van der Waals surface area contributed by atoms with Gasteiger partial charge in [0, 0.05) is 11.6 Å². The molecule has 6 heteroatoms. The van der Waals surface area contributed by atoms with Crippen LogP contribution in [0.4, 0.5) is 0 Å². The second kappa shape index (κ2) is 7.65.